The molecule has 0 fully saturated rings. The first-order chi connectivity index (χ1) is 16.4. The summed E-state index contributed by atoms with van der Waals surface area (Å²) >= 11 is 12.3. The van der Waals surface area contributed by atoms with E-state index in [-0.39, 0.29) is 24.1 Å². The lowest BCUT2D eigenvalue weighted by atomic mass is 9.95. The van der Waals surface area contributed by atoms with Crippen LogP contribution in [-0.2, 0) is 16.1 Å². The summed E-state index contributed by atoms with van der Waals surface area (Å²) in [5, 5.41) is 3.86. The van der Waals surface area contributed by atoms with E-state index in [4.69, 9.17) is 27.9 Å². The number of amides is 3. The number of anilines is 1. The molecule has 2 rings (SSSR count). The van der Waals surface area contributed by atoms with Gasteiger partial charge in [-0.2, -0.15) is 0 Å². The normalized spacial score (nSPS) is 13.2. The molecule has 0 heterocycles. The Morgan fingerprint density at radius 3 is 2.20 bits per heavy atom. The Bertz CT molecular complexity index is 1010. The Hall–Kier alpha value is -2.28. The van der Waals surface area contributed by atoms with E-state index in [0.717, 1.165) is 23.2 Å². The van der Waals surface area contributed by atoms with E-state index < -0.39 is 5.41 Å². The smallest absolute Gasteiger partial charge is 0.324 e. The molecule has 192 valence electrons. The van der Waals surface area contributed by atoms with Crippen LogP contribution in [0.3, 0.4) is 0 Å². The monoisotopic (exact) mass is 521 g/mol. The fourth-order valence-electron chi connectivity index (χ4n) is 3.46. The molecule has 0 spiro atoms. The number of ether oxygens (including phenoxy) is 1. The maximum absolute atomic E-state index is 13.6. The lowest BCUT2D eigenvalue weighted by Crippen LogP contribution is -2.47. The summed E-state index contributed by atoms with van der Waals surface area (Å²) in [5.74, 6) is -0.00672. The molecule has 0 aliphatic carbocycles. The second-order valence-electron chi connectivity index (χ2n) is 9.75. The van der Waals surface area contributed by atoms with Gasteiger partial charge in [-0.1, -0.05) is 69.1 Å². The van der Waals surface area contributed by atoms with Crippen molar-refractivity contribution in [1.82, 2.24) is 10.2 Å². The van der Waals surface area contributed by atoms with Gasteiger partial charge in [-0.05, 0) is 48.7 Å². The summed E-state index contributed by atoms with van der Waals surface area (Å²) in [6.45, 7) is 10.5. The summed E-state index contributed by atoms with van der Waals surface area (Å²) in [6.07, 6.45) is 0.439. The number of benzene rings is 2. The number of methoxy groups -OCH3 is 1. The highest BCUT2D eigenvalue weighted by atomic mass is 35.5. The average molecular weight is 523 g/mol. The van der Waals surface area contributed by atoms with Crippen LogP contribution < -0.4 is 10.2 Å². The molecule has 0 radical (unpaired) electrons. The van der Waals surface area contributed by atoms with Crippen molar-refractivity contribution >= 4 is 40.8 Å². The number of halogens is 2. The Kier molecular flexibility index (Phi) is 10.4. The molecule has 2 aromatic rings. The molecule has 2 aromatic carbocycles. The number of carbonyl (C=O) groups is 2. The van der Waals surface area contributed by atoms with Crippen molar-refractivity contribution in [2.24, 2.45) is 5.41 Å². The minimum absolute atomic E-state index is 0.00254. The van der Waals surface area contributed by atoms with Crippen molar-refractivity contribution in [3.63, 3.8) is 0 Å². The average Bonchev–Trinajstić information content (AvgIpc) is 2.83. The van der Waals surface area contributed by atoms with Crippen molar-refractivity contribution in [3.8, 4) is 0 Å². The number of hydrogen-bond acceptors (Lipinski definition) is 3. The third kappa shape index (κ3) is 7.86. The number of urea groups is 1. The van der Waals surface area contributed by atoms with E-state index in [1.807, 2.05) is 69.9 Å². The van der Waals surface area contributed by atoms with Gasteiger partial charge in [0.2, 0.25) is 5.91 Å². The van der Waals surface area contributed by atoms with Gasteiger partial charge in [0.05, 0.1) is 22.7 Å². The molecule has 2 atom stereocenters. The van der Waals surface area contributed by atoms with Gasteiger partial charge >= 0.3 is 6.03 Å². The van der Waals surface area contributed by atoms with Gasteiger partial charge in [0.1, 0.15) is 0 Å². The minimum Gasteiger partial charge on any atom is -0.375 e. The molecule has 6 nitrogen and oxygen atoms in total. The molecule has 8 heteroatoms. The van der Waals surface area contributed by atoms with Crippen LogP contribution in [0.4, 0.5) is 10.5 Å². The van der Waals surface area contributed by atoms with Gasteiger partial charge in [-0.15, -0.1) is 0 Å². The molecule has 0 bridgehead atoms. The van der Waals surface area contributed by atoms with E-state index in [9.17, 15) is 9.59 Å². The van der Waals surface area contributed by atoms with E-state index >= 15 is 0 Å². The van der Waals surface area contributed by atoms with Crippen LogP contribution in [0, 0.1) is 5.41 Å². The molecule has 0 unspecified atom stereocenters. The van der Waals surface area contributed by atoms with E-state index in [1.54, 1.807) is 31.2 Å². The van der Waals surface area contributed by atoms with Crippen LogP contribution in [-0.4, -0.2) is 43.6 Å². The summed E-state index contributed by atoms with van der Waals surface area (Å²) < 4.78 is 5.73. The number of nitrogens with zero attached hydrogens (tertiary/aromatic N) is 2. The number of hydrogen-bond donors (Lipinski definition) is 1. The molecule has 0 aromatic heterocycles. The quantitative estimate of drug-likeness (QED) is 0.399. The van der Waals surface area contributed by atoms with Crippen LogP contribution in [0.5, 0.6) is 0 Å². The minimum atomic E-state index is -0.441. The Morgan fingerprint density at radius 2 is 1.69 bits per heavy atom. The third-order valence-corrected chi connectivity index (χ3v) is 6.81. The molecular formula is C27H37Cl2N3O3. The predicted octanol–water partition coefficient (Wildman–Crippen LogP) is 6.70. The van der Waals surface area contributed by atoms with Crippen LogP contribution in [0.2, 0.25) is 10.0 Å². The van der Waals surface area contributed by atoms with Gasteiger partial charge in [-0.25, -0.2) is 4.79 Å². The number of carbonyl (C=O) groups excluding carboxylic acids is 2. The van der Waals surface area contributed by atoms with Gasteiger partial charge in [0.25, 0.3) is 0 Å². The van der Waals surface area contributed by atoms with Gasteiger partial charge in [0, 0.05) is 37.8 Å². The molecule has 35 heavy (non-hydrogen) atoms. The molecule has 0 saturated carbocycles. The van der Waals surface area contributed by atoms with Crippen molar-refractivity contribution < 1.29 is 14.3 Å². The zero-order valence-electron chi connectivity index (χ0n) is 21.7. The Labute approximate surface area is 219 Å². The molecular weight excluding hydrogens is 485 g/mol. The van der Waals surface area contributed by atoms with Gasteiger partial charge in [0.15, 0.2) is 0 Å². The largest absolute Gasteiger partial charge is 0.375 e. The third-order valence-electron chi connectivity index (χ3n) is 6.08. The highest BCUT2D eigenvalue weighted by molar-refractivity contribution is 6.42. The van der Waals surface area contributed by atoms with Crippen LogP contribution in [0.15, 0.2) is 42.5 Å². The highest BCUT2D eigenvalue weighted by Gasteiger charge is 2.27. The topological polar surface area (TPSA) is 61.9 Å². The lowest BCUT2D eigenvalue weighted by molar-refractivity contribution is -0.128. The zero-order chi connectivity index (χ0) is 26.3. The summed E-state index contributed by atoms with van der Waals surface area (Å²) in [4.78, 5) is 29.1. The van der Waals surface area contributed by atoms with Crippen molar-refractivity contribution in [2.75, 3.05) is 25.6 Å². The Morgan fingerprint density at radius 1 is 1.06 bits per heavy atom. The molecule has 0 aliphatic heterocycles. The maximum atomic E-state index is 13.6. The van der Waals surface area contributed by atoms with E-state index in [2.05, 4.69) is 5.32 Å². The summed E-state index contributed by atoms with van der Waals surface area (Å²) in [7, 11) is 3.38. The molecule has 0 aliphatic rings. The zero-order valence-corrected chi connectivity index (χ0v) is 23.2. The molecule has 0 saturated heterocycles. The fourth-order valence-corrected chi connectivity index (χ4v) is 3.77. The van der Waals surface area contributed by atoms with Crippen molar-refractivity contribution in [2.45, 2.75) is 59.7 Å². The highest BCUT2D eigenvalue weighted by Crippen LogP contribution is 2.28. The fraction of sp³-hybridized carbons (Fsp3) is 0.481. The first-order valence-corrected chi connectivity index (χ1v) is 12.5. The predicted molar refractivity (Wildman–Crippen MR) is 144 cm³/mol. The molecule has 1 N–H and O–H groups in total. The SMILES string of the molecule is CC[C@@H](C)N(C[C@@H](OC)c1ccc(Cl)c(Cl)c1)C(=O)N(C)c1ccc(CNC(=O)C(C)(C)C)cc1. The first-order valence-electron chi connectivity index (χ1n) is 11.8. The second-order valence-corrected chi connectivity index (χ2v) is 10.6. The van der Waals surface area contributed by atoms with Crippen LogP contribution in [0.25, 0.3) is 0 Å². The van der Waals surface area contributed by atoms with Gasteiger partial charge in [-0.3, -0.25) is 9.69 Å². The first kappa shape index (κ1) is 29.0. The van der Waals surface area contributed by atoms with Crippen LogP contribution in [0.1, 0.15) is 58.3 Å². The Balaban J connectivity index is 2.16. The van der Waals surface area contributed by atoms with Crippen LogP contribution >= 0.6 is 23.2 Å². The maximum Gasteiger partial charge on any atom is 0.324 e. The van der Waals surface area contributed by atoms with Crippen molar-refractivity contribution in [1.29, 1.82) is 0 Å². The van der Waals surface area contributed by atoms with Gasteiger partial charge < -0.3 is 15.0 Å². The van der Waals surface area contributed by atoms with E-state index in [0.29, 0.717) is 23.1 Å². The molecule has 3 amide bonds. The second kappa shape index (κ2) is 12.6. The number of nitrogens with one attached hydrogen (secondary N) is 1. The van der Waals surface area contributed by atoms with Crippen molar-refractivity contribution in [3.05, 3.63) is 63.6 Å². The summed E-state index contributed by atoms with van der Waals surface area (Å²) in [5.41, 5.74) is 2.14. The van der Waals surface area contributed by atoms with E-state index in [1.165, 1.54) is 0 Å². The summed E-state index contributed by atoms with van der Waals surface area (Å²) in [6, 6.07) is 12.9. The number of rotatable bonds is 9. The lowest BCUT2D eigenvalue weighted by Gasteiger charge is -2.35. The standard InChI is InChI=1S/C27H37Cl2N3O3/c1-8-18(2)32(17-24(35-7)20-11-14-22(28)23(29)15-20)26(34)31(6)21-12-9-19(10-13-21)16-30-25(33)27(3,4)5/h9-15,18,24H,8,16-17H2,1-7H3,(H,30,33)/t18-,24-/m1/s1.